The maximum Gasteiger partial charge on any atom is 0.348 e. The topological polar surface area (TPSA) is 104 Å². The van der Waals surface area contributed by atoms with Gasteiger partial charge < -0.3 is 9.47 Å². The van der Waals surface area contributed by atoms with E-state index >= 15 is 0 Å². The van der Waals surface area contributed by atoms with Crippen molar-refractivity contribution in [3.05, 3.63) is 118 Å². The van der Waals surface area contributed by atoms with Crippen LogP contribution in [0.1, 0.15) is 57.4 Å². The molecule has 0 spiro atoms. The van der Waals surface area contributed by atoms with Gasteiger partial charge >= 0.3 is 23.9 Å². The van der Waals surface area contributed by atoms with E-state index in [1.165, 1.54) is 23.5 Å². The molecule has 4 aromatic carbocycles. The number of carbonyl (C=O) groups is 5. The molecule has 2 heterocycles. The first kappa shape index (κ1) is 23.9. The molecule has 4 aromatic rings. The van der Waals surface area contributed by atoms with Crippen molar-refractivity contribution in [3.8, 4) is 0 Å². The third-order valence-corrected chi connectivity index (χ3v) is 8.01. The fraction of sp³-hybridized carbons (Fsp3) is 0. The third kappa shape index (κ3) is 4.31. The molecule has 0 fully saturated rings. The van der Waals surface area contributed by atoms with Crippen LogP contribution in [0.3, 0.4) is 0 Å². The minimum atomic E-state index is -0.657. The quantitative estimate of drug-likeness (QED) is 0.170. The van der Waals surface area contributed by atoms with Crippen LogP contribution in [0.5, 0.6) is 0 Å². The Hall–Kier alpha value is -4.47. The molecule has 2 aliphatic rings. The largest absolute Gasteiger partial charge is 0.386 e. The van der Waals surface area contributed by atoms with E-state index in [-0.39, 0.29) is 28.0 Å². The Balaban J connectivity index is 1.14. The molecular formula is C29H14O7S2. The molecule has 0 unspecified atom stereocenters. The second-order valence-corrected chi connectivity index (χ2v) is 10.6. The summed E-state index contributed by atoms with van der Waals surface area (Å²) in [5, 5.41) is 0. The summed E-state index contributed by atoms with van der Waals surface area (Å²) in [5.74, 6) is -2.74. The van der Waals surface area contributed by atoms with E-state index in [4.69, 9.17) is 4.74 Å². The van der Waals surface area contributed by atoms with Crippen LogP contribution in [-0.2, 0) is 9.47 Å². The lowest BCUT2D eigenvalue weighted by molar-refractivity contribution is 0.0425. The standard InChI is InChI=1S/C29H14O7S2/c30-25(15-4-8-17(9-5-15)37-19-12-13-20-22(14-19)28(33)35-26(20)31)16-6-10-18(11-7-16)38-23-3-1-2-21-24(23)29(34)36-27(21)32/h1-14H. The van der Waals surface area contributed by atoms with Gasteiger partial charge in [-0.15, -0.1) is 0 Å². The molecule has 0 bridgehead atoms. The highest BCUT2D eigenvalue weighted by molar-refractivity contribution is 7.99. The minimum absolute atomic E-state index is 0.147. The number of ether oxygens (including phenoxy) is 2. The predicted molar refractivity (Wildman–Crippen MR) is 137 cm³/mol. The van der Waals surface area contributed by atoms with Crippen LogP contribution in [0.15, 0.2) is 105 Å². The van der Waals surface area contributed by atoms with Gasteiger partial charge in [-0.3, -0.25) is 4.79 Å². The molecule has 6 rings (SSSR count). The van der Waals surface area contributed by atoms with Gasteiger partial charge in [0.1, 0.15) is 0 Å². The van der Waals surface area contributed by atoms with E-state index in [9.17, 15) is 24.0 Å². The van der Waals surface area contributed by atoms with Gasteiger partial charge in [0.2, 0.25) is 0 Å². The maximum absolute atomic E-state index is 13.0. The molecule has 184 valence electrons. The number of cyclic esters (lactones) is 4. The van der Waals surface area contributed by atoms with E-state index in [0.29, 0.717) is 16.0 Å². The Morgan fingerprint density at radius 3 is 1.76 bits per heavy atom. The molecule has 2 aliphatic heterocycles. The number of ketones is 1. The summed E-state index contributed by atoms with van der Waals surface area (Å²) in [5.41, 5.74) is 2.04. The zero-order valence-corrected chi connectivity index (χ0v) is 20.9. The summed E-state index contributed by atoms with van der Waals surface area (Å²) < 4.78 is 9.34. The SMILES string of the molecule is O=C(c1ccc(Sc2ccc3c(c2)C(=O)OC3=O)cc1)c1ccc(Sc2cccc3c2C(=O)OC3=O)cc1. The first-order valence-electron chi connectivity index (χ1n) is 11.3. The van der Waals surface area contributed by atoms with Crippen LogP contribution in [0.4, 0.5) is 0 Å². The van der Waals surface area contributed by atoms with E-state index in [1.807, 2.05) is 12.1 Å². The van der Waals surface area contributed by atoms with Crippen molar-refractivity contribution in [1.82, 2.24) is 0 Å². The average molecular weight is 539 g/mol. The molecule has 0 aromatic heterocycles. The van der Waals surface area contributed by atoms with Gasteiger partial charge in [-0.2, -0.15) is 0 Å². The zero-order chi connectivity index (χ0) is 26.4. The number of carbonyl (C=O) groups excluding carboxylic acids is 5. The molecular weight excluding hydrogens is 524 g/mol. The first-order valence-corrected chi connectivity index (χ1v) is 12.9. The molecule has 0 saturated carbocycles. The molecule has 0 N–H and O–H groups in total. The molecule has 7 nitrogen and oxygen atoms in total. The van der Waals surface area contributed by atoms with Crippen molar-refractivity contribution in [2.45, 2.75) is 19.6 Å². The van der Waals surface area contributed by atoms with Crippen LogP contribution < -0.4 is 0 Å². The summed E-state index contributed by atoms with van der Waals surface area (Å²) in [4.78, 5) is 63.3. The highest BCUT2D eigenvalue weighted by Crippen LogP contribution is 2.36. The van der Waals surface area contributed by atoms with Gasteiger partial charge in [0.05, 0.1) is 22.3 Å². The maximum atomic E-state index is 13.0. The smallest absolute Gasteiger partial charge is 0.348 e. The molecule has 38 heavy (non-hydrogen) atoms. The van der Waals surface area contributed by atoms with Crippen LogP contribution in [0.25, 0.3) is 0 Å². The summed E-state index contributed by atoms with van der Waals surface area (Å²) in [6.45, 7) is 0. The second-order valence-electron chi connectivity index (χ2n) is 8.32. The van der Waals surface area contributed by atoms with E-state index < -0.39 is 23.9 Å². The lowest BCUT2D eigenvalue weighted by Gasteiger charge is -2.07. The Morgan fingerprint density at radius 2 is 1.08 bits per heavy atom. The fourth-order valence-corrected chi connectivity index (χ4v) is 5.92. The Bertz CT molecular complexity index is 1690. The van der Waals surface area contributed by atoms with E-state index in [1.54, 1.807) is 72.8 Å². The fourth-order valence-electron chi connectivity index (χ4n) is 4.09. The van der Waals surface area contributed by atoms with Crippen molar-refractivity contribution in [3.63, 3.8) is 0 Å². The molecule has 0 radical (unpaired) electrons. The van der Waals surface area contributed by atoms with Crippen LogP contribution in [0.2, 0.25) is 0 Å². The highest BCUT2D eigenvalue weighted by atomic mass is 32.2. The van der Waals surface area contributed by atoms with E-state index in [0.717, 1.165) is 14.7 Å². The summed E-state index contributed by atoms with van der Waals surface area (Å²) >= 11 is 2.71. The second kappa shape index (κ2) is 9.44. The molecule has 0 saturated heterocycles. The Morgan fingerprint density at radius 1 is 0.526 bits per heavy atom. The summed E-state index contributed by atoms with van der Waals surface area (Å²) in [6.07, 6.45) is 0. The van der Waals surface area contributed by atoms with Crippen molar-refractivity contribution in [2.75, 3.05) is 0 Å². The highest BCUT2D eigenvalue weighted by Gasteiger charge is 2.32. The Kier molecular flexibility index (Phi) is 5.94. The molecule has 0 amide bonds. The van der Waals surface area contributed by atoms with Crippen molar-refractivity contribution in [2.24, 2.45) is 0 Å². The number of esters is 4. The van der Waals surface area contributed by atoms with Gasteiger partial charge in [-0.25, -0.2) is 19.2 Å². The summed E-state index contributed by atoms with van der Waals surface area (Å²) in [7, 11) is 0. The molecule has 9 heteroatoms. The number of benzene rings is 4. The van der Waals surface area contributed by atoms with Crippen LogP contribution in [0, 0.1) is 0 Å². The first-order chi connectivity index (χ1) is 18.4. The lowest BCUT2D eigenvalue weighted by atomic mass is 10.0. The molecule has 0 atom stereocenters. The molecule has 0 aliphatic carbocycles. The number of fused-ring (bicyclic) bond motifs is 2. The zero-order valence-electron chi connectivity index (χ0n) is 19.3. The number of hydrogen-bond acceptors (Lipinski definition) is 9. The Labute approximate surface area is 224 Å². The third-order valence-electron chi connectivity index (χ3n) is 5.95. The van der Waals surface area contributed by atoms with Gasteiger partial charge in [-0.05, 0) is 78.9 Å². The number of rotatable bonds is 6. The monoisotopic (exact) mass is 538 g/mol. The van der Waals surface area contributed by atoms with Crippen molar-refractivity contribution in [1.29, 1.82) is 0 Å². The van der Waals surface area contributed by atoms with Gasteiger partial charge in [-0.1, -0.05) is 29.6 Å². The van der Waals surface area contributed by atoms with Crippen LogP contribution >= 0.6 is 23.5 Å². The van der Waals surface area contributed by atoms with E-state index in [2.05, 4.69) is 4.74 Å². The van der Waals surface area contributed by atoms with Gasteiger partial charge in [0, 0.05) is 30.7 Å². The minimum Gasteiger partial charge on any atom is -0.386 e. The number of hydrogen-bond donors (Lipinski definition) is 0. The van der Waals surface area contributed by atoms with Crippen molar-refractivity contribution >= 4 is 53.2 Å². The average Bonchev–Trinajstić information content (AvgIpc) is 3.38. The van der Waals surface area contributed by atoms with Gasteiger partial charge in [0.25, 0.3) is 0 Å². The van der Waals surface area contributed by atoms with Gasteiger partial charge in [0.15, 0.2) is 5.78 Å². The normalized spacial score (nSPS) is 13.7. The summed E-state index contributed by atoms with van der Waals surface area (Å²) in [6, 6.07) is 24.0. The lowest BCUT2D eigenvalue weighted by Crippen LogP contribution is -2.01. The van der Waals surface area contributed by atoms with Crippen molar-refractivity contribution < 1.29 is 33.4 Å². The van der Waals surface area contributed by atoms with Crippen LogP contribution in [-0.4, -0.2) is 29.7 Å². The predicted octanol–water partition coefficient (Wildman–Crippen LogP) is 5.84.